The molecule has 2 N–H and O–H groups in total. The van der Waals surface area contributed by atoms with Crippen molar-refractivity contribution in [2.75, 3.05) is 20.1 Å². The molecule has 1 fully saturated rings. The van der Waals surface area contributed by atoms with Crippen LogP contribution in [0.2, 0.25) is 0 Å². The van der Waals surface area contributed by atoms with Crippen molar-refractivity contribution in [2.24, 2.45) is 17.1 Å². The Morgan fingerprint density at radius 3 is 2.19 bits per heavy atom. The van der Waals surface area contributed by atoms with Crippen LogP contribution in [0.25, 0.3) is 0 Å². The molecule has 0 aliphatic heterocycles. The van der Waals surface area contributed by atoms with Gasteiger partial charge in [0, 0.05) is 19.1 Å². The molecule has 1 atom stereocenters. The second kappa shape index (κ2) is 6.02. The molecule has 2 heteroatoms. The number of hydrogen-bond acceptors (Lipinski definition) is 2. The summed E-state index contributed by atoms with van der Waals surface area (Å²) in [7, 11) is 2.25. The van der Waals surface area contributed by atoms with Crippen molar-refractivity contribution in [2.45, 2.75) is 58.9 Å². The topological polar surface area (TPSA) is 29.3 Å². The highest BCUT2D eigenvalue weighted by Gasteiger charge is 2.28. The van der Waals surface area contributed by atoms with Crippen LogP contribution in [0, 0.1) is 11.3 Å². The predicted octanol–water partition coefficient (Wildman–Crippen LogP) is 2.87. The summed E-state index contributed by atoms with van der Waals surface area (Å²) in [6.07, 6.45) is 7.15. The van der Waals surface area contributed by atoms with Gasteiger partial charge in [-0.15, -0.1) is 0 Å². The molecule has 1 unspecified atom stereocenters. The molecule has 0 aromatic rings. The minimum absolute atomic E-state index is 0.290. The monoisotopic (exact) mass is 226 g/mol. The molecule has 1 saturated carbocycles. The lowest BCUT2D eigenvalue weighted by atomic mass is 9.84. The average molecular weight is 226 g/mol. The first kappa shape index (κ1) is 14.0. The van der Waals surface area contributed by atoms with Crippen molar-refractivity contribution in [3.8, 4) is 0 Å². The number of nitrogens with zero attached hydrogens (tertiary/aromatic N) is 1. The second-order valence-electron chi connectivity index (χ2n) is 6.56. The minimum Gasteiger partial charge on any atom is -0.329 e. The van der Waals surface area contributed by atoms with E-state index in [0.717, 1.165) is 12.5 Å². The predicted molar refractivity (Wildman–Crippen MR) is 71.5 cm³/mol. The molecule has 2 nitrogen and oxygen atoms in total. The van der Waals surface area contributed by atoms with E-state index in [9.17, 15) is 0 Å². The quantitative estimate of drug-likeness (QED) is 0.798. The Hall–Kier alpha value is -0.0800. The van der Waals surface area contributed by atoms with Crippen LogP contribution in [0.15, 0.2) is 0 Å². The summed E-state index contributed by atoms with van der Waals surface area (Å²) in [6.45, 7) is 8.89. The van der Waals surface area contributed by atoms with Crippen molar-refractivity contribution < 1.29 is 0 Å². The standard InChI is InChI=1S/C14H30N2/c1-14(2,3)13(10-15)16(4)11-12-8-6-5-7-9-12/h12-13H,5-11,15H2,1-4H3. The summed E-state index contributed by atoms with van der Waals surface area (Å²) in [6, 6.07) is 0.509. The van der Waals surface area contributed by atoms with Crippen LogP contribution in [0.3, 0.4) is 0 Å². The van der Waals surface area contributed by atoms with Crippen LogP contribution in [0.4, 0.5) is 0 Å². The van der Waals surface area contributed by atoms with Gasteiger partial charge in [-0.1, -0.05) is 40.0 Å². The number of hydrogen-bond donors (Lipinski definition) is 1. The zero-order valence-corrected chi connectivity index (χ0v) is 11.6. The van der Waals surface area contributed by atoms with Crippen molar-refractivity contribution in [3.63, 3.8) is 0 Å². The van der Waals surface area contributed by atoms with Crippen molar-refractivity contribution >= 4 is 0 Å². The molecule has 0 aromatic carbocycles. The van der Waals surface area contributed by atoms with Gasteiger partial charge in [-0.25, -0.2) is 0 Å². The molecule has 0 aromatic heterocycles. The van der Waals surface area contributed by atoms with E-state index in [1.165, 1.54) is 38.6 Å². The first-order valence-corrected chi connectivity index (χ1v) is 6.85. The smallest absolute Gasteiger partial charge is 0.0263 e. The molecule has 1 aliphatic carbocycles. The number of nitrogens with two attached hydrogens (primary N) is 1. The van der Waals surface area contributed by atoms with E-state index in [4.69, 9.17) is 5.73 Å². The van der Waals surface area contributed by atoms with Gasteiger partial charge in [-0.2, -0.15) is 0 Å². The third-order valence-corrected chi connectivity index (χ3v) is 4.03. The van der Waals surface area contributed by atoms with E-state index in [-0.39, 0.29) is 5.41 Å². The van der Waals surface area contributed by atoms with Crippen molar-refractivity contribution in [1.82, 2.24) is 4.90 Å². The van der Waals surface area contributed by atoms with Gasteiger partial charge in [-0.3, -0.25) is 0 Å². The zero-order chi connectivity index (χ0) is 12.2. The van der Waals surface area contributed by atoms with Crippen molar-refractivity contribution in [3.05, 3.63) is 0 Å². The van der Waals surface area contributed by atoms with Gasteiger partial charge in [0.15, 0.2) is 0 Å². The van der Waals surface area contributed by atoms with E-state index in [1.54, 1.807) is 0 Å². The zero-order valence-electron chi connectivity index (χ0n) is 11.6. The largest absolute Gasteiger partial charge is 0.329 e. The Morgan fingerprint density at radius 1 is 1.19 bits per heavy atom. The Morgan fingerprint density at radius 2 is 1.75 bits per heavy atom. The molecule has 1 rings (SSSR count). The Kier molecular flexibility index (Phi) is 5.26. The average Bonchev–Trinajstić information content (AvgIpc) is 2.17. The fourth-order valence-electron chi connectivity index (χ4n) is 3.10. The summed E-state index contributed by atoms with van der Waals surface area (Å²) in [5.74, 6) is 0.912. The maximum Gasteiger partial charge on any atom is 0.0263 e. The Balaban J connectivity index is 2.45. The van der Waals surface area contributed by atoms with Gasteiger partial charge >= 0.3 is 0 Å². The summed E-state index contributed by atoms with van der Waals surface area (Å²) in [5, 5.41) is 0. The highest BCUT2D eigenvalue weighted by Crippen LogP contribution is 2.28. The van der Waals surface area contributed by atoms with Crippen LogP contribution < -0.4 is 5.73 Å². The summed E-state index contributed by atoms with van der Waals surface area (Å²) < 4.78 is 0. The molecule has 0 amide bonds. The molecular weight excluding hydrogens is 196 g/mol. The van der Waals surface area contributed by atoms with Crippen LogP contribution in [0.5, 0.6) is 0 Å². The van der Waals surface area contributed by atoms with Gasteiger partial charge in [0.2, 0.25) is 0 Å². The normalized spacial score (nSPS) is 21.4. The molecule has 0 saturated heterocycles. The molecule has 1 aliphatic rings. The third-order valence-electron chi connectivity index (χ3n) is 4.03. The first-order valence-electron chi connectivity index (χ1n) is 6.85. The van der Waals surface area contributed by atoms with Crippen LogP contribution in [-0.2, 0) is 0 Å². The summed E-state index contributed by atoms with van der Waals surface area (Å²) in [4.78, 5) is 2.50. The summed E-state index contributed by atoms with van der Waals surface area (Å²) in [5.41, 5.74) is 6.21. The Labute approximate surface area is 102 Å². The Bertz CT molecular complexity index is 189. The van der Waals surface area contributed by atoms with E-state index in [1.807, 2.05) is 0 Å². The maximum atomic E-state index is 5.92. The van der Waals surface area contributed by atoms with Gasteiger partial charge in [0.1, 0.15) is 0 Å². The van der Waals surface area contributed by atoms with E-state index in [0.29, 0.717) is 6.04 Å². The van der Waals surface area contributed by atoms with Crippen LogP contribution >= 0.6 is 0 Å². The lowest BCUT2D eigenvalue weighted by Crippen LogP contribution is -2.48. The van der Waals surface area contributed by atoms with Gasteiger partial charge in [0.25, 0.3) is 0 Å². The van der Waals surface area contributed by atoms with Crippen molar-refractivity contribution in [1.29, 1.82) is 0 Å². The molecule has 16 heavy (non-hydrogen) atoms. The lowest BCUT2D eigenvalue weighted by Gasteiger charge is -2.39. The minimum atomic E-state index is 0.290. The number of likely N-dealkylation sites (N-methyl/N-ethyl adjacent to an activating group) is 1. The fraction of sp³-hybridized carbons (Fsp3) is 1.00. The van der Waals surface area contributed by atoms with Crippen LogP contribution in [-0.4, -0.2) is 31.1 Å². The highest BCUT2D eigenvalue weighted by molar-refractivity contribution is 4.83. The van der Waals surface area contributed by atoms with E-state index >= 15 is 0 Å². The van der Waals surface area contributed by atoms with Crippen LogP contribution in [0.1, 0.15) is 52.9 Å². The van der Waals surface area contributed by atoms with Gasteiger partial charge < -0.3 is 10.6 Å². The molecule has 0 spiro atoms. The molecular formula is C14H30N2. The van der Waals surface area contributed by atoms with Gasteiger partial charge in [-0.05, 0) is 31.2 Å². The molecule has 0 bridgehead atoms. The molecule has 0 radical (unpaired) electrons. The maximum absolute atomic E-state index is 5.92. The second-order valence-corrected chi connectivity index (χ2v) is 6.56. The SMILES string of the molecule is CN(CC1CCCCC1)C(CN)C(C)(C)C. The molecule has 0 heterocycles. The van der Waals surface area contributed by atoms with E-state index < -0.39 is 0 Å². The number of rotatable bonds is 4. The molecule has 96 valence electrons. The van der Waals surface area contributed by atoms with E-state index in [2.05, 4.69) is 32.7 Å². The van der Waals surface area contributed by atoms with Gasteiger partial charge in [0.05, 0.1) is 0 Å². The lowest BCUT2D eigenvalue weighted by molar-refractivity contribution is 0.105. The fourth-order valence-corrected chi connectivity index (χ4v) is 3.10. The third kappa shape index (κ3) is 4.06. The first-order chi connectivity index (χ1) is 7.45. The summed E-state index contributed by atoms with van der Waals surface area (Å²) >= 11 is 0. The highest BCUT2D eigenvalue weighted by atomic mass is 15.1.